The fourth-order valence-electron chi connectivity index (χ4n) is 9.56. The first-order valence-electron chi connectivity index (χ1n) is 33.6. The van der Waals surface area contributed by atoms with Gasteiger partial charge in [-0.15, -0.1) is 0 Å². The second-order valence-corrected chi connectivity index (χ2v) is 30.3. The predicted octanol–water partition coefficient (Wildman–Crippen LogP) is 6.58. The van der Waals surface area contributed by atoms with Crippen molar-refractivity contribution in [2.75, 3.05) is 32.7 Å². The number of phenolic OH excluding ortho intramolecular Hbond substituents is 1. The van der Waals surface area contributed by atoms with E-state index in [2.05, 4.69) is 58.5 Å². The van der Waals surface area contributed by atoms with Gasteiger partial charge in [-0.25, -0.2) is 28.8 Å². The van der Waals surface area contributed by atoms with E-state index < -0.39 is 155 Å². The molecule has 2 aromatic rings. The van der Waals surface area contributed by atoms with Crippen LogP contribution < -0.4 is 58.5 Å². The number of aliphatic hydroxyl groups is 1. The lowest BCUT2D eigenvalue weighted by molar-refractivity contribution is -0.134. The maximum absolute atomic E-state index is 15.0. The Morgan fingerprint density at radius 2 is 0.960 bits per heavy atom. The largest absolute Gasteiger partial charge is 0.508 e. The number of hydrogen-bond acceptors (Lipinski definition) is 19. The number of benzene rings is 2. The van der Waals surface area contributed by atoms with Crippen LogP contribution in [0.2, 0.25) is 0 Å². The number of rotatable bonds is 26. The molecule has 13 N–H and O–H groups in total. The molecule has 7 atom stereocenters. The molecule has 0 radical (unpaired) electrons. The first kappa shape index (κ1) is 84.4. The zero-order valence-electron chi connectivity index (χ0n) is 61.0. The highest BCUT2D eigenvalue weighted by atomic mass is 16.6. The van der Waals surface area contributed by atoms with E-state index in [1.165, 1.54) is 6.07 Å². The molecule has 1 aliphatic heterocycles. The molecule has 30 nitrogen and oxygen atoms in total. The maximum Gasteiger partial charge on any atom is 0.408 e. The van der Waals surface area contributed by atoms with Crippen LogP contribution in [0.4, 0.5) is 28.8 Å². The number of aromatic hydroxyl groups is 1. The fourth-order valence-corrected chi connectivity index (χ4v) is 9.56. The highest BCUT2D eigenvalue weighted by Gasteiger charge is 2.36. The number of phenols is 1. The number of fused-ring (bicyclic) bond motifs is 5. The summed E-state index contributed by atoms with van der Waals surface area (Å²) in [6.07, 6.45) is -6.45. The van der Waals surface area contributed by atoms with E-state index in [-0.39, 0.29) is 88.9 Å². The van der Waals surface area contributed by atoms with Crippen LogP contribution in [0.25, 0.3) is 11.1 Å². The molecule has 0 fully saturated rings. The Morgan fingerprint density at radius 3 is 1.53 bits per heavy atom. The second kappa shape index (κ2) is 37.9. The Morgan fingerprint density at radius 1 is 0.485 bits per heavy atom. The molecular weight excluding hydrogens is 1290 g/mol. The van der Waals surface area contributed by atoms with Gasteiger partial charge in [-0.2, -0.15) is 0 Å². The molecular formula is C69H111N11O19. The fraction of sp³-hybridized carbons (Fsp3) is 0.667. The van der Waals surface area contributed by atoms with Gasteiger partial charge >= 0.3 is 36.6 Å². The minimum Gasteiger partial charge on any atom is -0.508 e. The van der Waals surface area contributed by atoms with Crippen molar-refractivity contribution in [2.45, 2.75) is 265 Å². The van der Waals surface area contributed by atoms with Crippen molar-refractivity contribution in [3.8, 4) is 16.9 Å². The molecule has 1 heterocycles. The van der Waals surface area contributed by atoms with E-state index in [0.29, 0.717) is 23.1 Å². The van der Waals surface area contributed by atoms with Gasteiger partial charge in [0, 0.05) is 58.0 Å². The molecule has 4 bridgehead atoms. The molecule has 2 aromatic carbocycles. The van der Waals surface area contributed by atoms with Crippen LogP contribution in [0.1, 0.15) is 187 Å². The molecule has 30 heteroatoms. The monoisotopic (exact) mass is 1400 g/mol. The van der Waals surface area contributed by atoms with E-state index in [1.807, 2.05) is 0 Å². The van der Waals surface area contributed by atoms with Gasteiger partial charge in [0.15, 0.2) is 0 Å². The number of carbonyl (C=O) groups is 11. The summed E-state index contributed by atoms with van der Waals surface area (Å²) < 4.78 is 32.5. The average Bonchev–Trinajstić information content (AvgIpc) is 1.69. The van der Waals surface area contributed by atoms with Gasteiger partial charge in [0.05, 0.1) is 6.10 Å². The third-order valence-corrected chi connectivity index (χ3v) is 13.7. The summed E-state index contributed by atoms with van der Waals surface area (Å²) in [6, 6.07) is 3.59. The van der Waals surface area contributed by atoms with Gasteiger partial charge in [-0.1, -0.05) is 30.3 Å². The molecule has 99 heavy (non-hydrogen) atoms. The number of ether oxygens (including phenoxy) is 6. The summed E-state index contributed by atoms with van der Waals surface area (Å²) in [6.45, 7) is 29.6. The standard InChI is InChI=1S/C69H111N11O19/c1-64(2,3)94-58(88)71-32-22-26-45(75-61(91)97-67(10,11)12)39-73-54(84)48(79-62(92)98-68(13,14)15)27-19-20-31-70-53(83)47(28-23-33-72-59(89)95-65(4,5)6)76-55(85)49-35-41-24-21-25-42(34-41)43-29-30-52(82)44(36-43)37-50(80-63(93)99-69(16,17)18)56(86)78-51(57(87)77-49)38-46(81)40-74-60(90)96-66(7,8)9/h21,24-25,29-30,34,36,45-51,81-82H,19-20,22-23,26-28,31-33,35,37-40H2,1-18H3,(H,70,83)(H,71,88)(H,72,89)(H,73,84)(H,74,90)(H,75,91)(H,76,85)(H,77,87)(H,78,86)(H,79,92)(H,80,93)/t45-,46+,47+,48-,49-,50-,51-/m0/s1. The minimum absolute atomic E-state index is 0.00597. The summed E-state index contributed by atoms with van der Waals surface area (Å²) in [4.78, 5) is 150. The number of alkyl carbamates (subject to hydrolysis) is 6. The van der Waals surface area contributed by atoms with Gasteiger partial charge in [0.1, 0.15) is 69.6 Å². The third-order valence-electron chi connectivity index (χ3n) is 13.7. The van der Waals surface area contributed by atoms with Gasteiger partial charge < -0.3 is 97.1 Å². The van der Waals surface area contributed by atoms with Crippen molar-refractivity contribution < 1.29 is 91.4 Å². The van der Waals surface area contributed by atoms with Crippen LogP contribution >= 0.6 is 0 Å². The van der Waals surface area contributed by atoms with Crippen LogP contribution in [0.15, 0.2) is 42.5 Å². The van der Waals surface area contributed by atoms with Crippen LogP contribution in [-0.4, -0.2) is 185 Å². The second-order valence-electron chi connectivity index (χ2n) is 30.3. The normalized spacial score (nSPS) is 16.6. The Balaban J connectivity index is 2.01. The summed E-state index contributed by atoms with van der Waals surface area (Å²) in [5.74, 6) is -4.40. The van der Waals surface area contributed by atoms with Crippen LogP contribution in [0, 0.1) is 0 Å². The highest BCUT2D eigenvalue weighted by Crippen LogP contribution is 2.29. The summed E-state index contributed by atoms with van der Waals surface area (Å²) in [5.41, 5.74) is -3.40. The maximum atomic E-state index is 15.0. The summed E-state index contributed by atoms with van der Waals surface area (Å²) in [5, 5.41) is 52.0. The Labute approximate surface area is 581 Å². The first-order valence-corrected chi connectivity index (χ1v) is 33.6. The molecule has 0 spiro atoms. The zero-order chi connectivity index (χ0) is 74.9. The molecule has 3 rings (SSSR count). The quantitative estimate of drug-likeness (QED) is 0.0349. The van der Waals surface area contributed by atoms with Crippen LogP contribution in [0.3, 0.4) is 0 Å². The lowest BCUT2D eigenvalue weighted by Gasteiger charge is -2.28. The number of amides is 11. The van der Waals surface area contributed by atoms with Crippen molar-refractivity contribution in [3.63, 3.8) is 0 Å². The molecule has 0 saturated carbocycles. The zero-order valence-corrected chi connectivity index (χ0v) is 61.0. The Bertz CT molecular complexity index is 3070. The van der Waals surface area contributed by atoms with Crippen molar-refractivity contribution in [1.29, 1.82) is 0 Å². The van der Waals surface area contributed by atoms with Crippen LogP contribution in [0.5, 0.6) is 5.75 Å². The SMILES string of the molecule is CC(C)(C)OC(=O)NCCC[C@@H](CNC(=O)[C@H](CCCCNC(=O)[C@@H](CCCNC(=O)OC(C)(C)C)NC(=O)[C@@H]1Cc2cccc(c2)-c2ccc(O)c(c2)C[C@H](NC(=O)OC(C)(C)C)C(=O)N[C@@H](C[C@@H](O)CNC(=O)OC(C)(C)C)C(=O)N1)NC(=O)OC(C)(C)C)NC(=O)OC(C)(C)C. The molecule has 0 unspecified atom stereocenters. The minimum atomic E-state index is -1.70. The van der Waals surface area contributed by atoms with E-state index in [1.54, 1.807) is 161 Å². The number of carbonyl (C=O) groups excluding carboxylic acids is 11. The smallest absolute Gasteiger partial charge is 0.408 e. The lowest BCUT2D eigenvalue weighted by atomic mass is 9.95. The van der Waals surface area contributed by atoms with Gasteiger partial charge in [-0.3, -0.25) is 24.0 Å². The van der Waals surface area contributed by atoms with Gasteiger partial charge in [-0.05, 0) is 204 Å². The average molecular weight is 1400 g/mol. The lowest BCUT2D eigenvalue weighted by Crippen LogP contribution is -2.59. The van der Waals surface area contributed by atoms with E-state index in [4.69, 9.17) is 28.4 Å². The molecule has 11 amide bonds. The van der Waals surface area contributed by atoms with E-state index in [9.17, 15) is 58.2 Å². The summed E-state index contributed by atoms with van der Waals surface area (Å²) >= 11 is 0. The van der Waals surface area contributed by atoms with Crippen molar-refractivity contribution >= 4 is 66.1 Å². The van der Waals surface area contributed by atoms with Crippen LogP contribution in [-0.2, 0) is 65.2 Å². The number of aliphatic hydroxyl groups excluding tert-OH is 1. The molecule has 556 valence electrons. The topological polar surface area (TPSA) is 416 Å². The summed E-state index contributed by atoms with van der Waals surface area (Å²) in [7, 11) is 0. The van der Waals surface area contributed by atoms with Gasteiger partial charge in [0.25, 0.3) is 0 Å². The Hall–Kier alpha value is -8.83. The van der Waals surface area contributed by atoms with E-state index >= 15 is 4.79 Å². The highest BCUT2D eigenvalue weighted by molar-refractivity contribution is 5.96. The number of unbranched alkanes of at least 4 members (excludes halogenated alkanes) is 1. The Kier molecular flexibility index (Phi) is 32.3. The molecule has 0 aliphatic carbocycles. The molecule has 1 aliphatic rings. The molecule has 0 aromatic heterocycles. The third kappa shape index (κ3) is 36.5. The van der Waals surface area contributed by atoms with Crippen molar-refractivity contribution in [3.05, 3.63) is 53.6 Å². The number of hydrogen-bond donors (Lipinski definition) is 13. The molecule has 0 saturated heterocycles. The van der Waals surface area contributed by atoms with E-state index in [0.717, 1.165) is 0 Å². The van der Waals surface area contributed by atoms with Crippen molar-refractivity contribution in [1.82, 2.24) is 58.5 Å². The number of nitrogens with one attached hydrogen (secondary N) is 11. The first-order chi connectivity index (χ1) is 45.6. The predicted molar refractivity (Wildman–Crippen MR) is 368 cm³/mol. The van der Waals surface area contributed by atoms with Crippen molar-refractivity contribution in [2.24, 2.45) is 0 Å². The van der Waals surface area contributed by atoms with Gasteiger partial charge in [0.2, 0.25) is 29.5 Å².